The van der Waals surface area contributed by atoms with E-state index in [0.717, 1.165) is 22.3 Å². The first kappa shape index (κ1) is 21.5. The molecule has 4 aromatic rings. The predicted molar refractivity (Wildman–Crippen MR) is 126 cm³/mol. The Balaban J connectivity index is 1.20. The summed E-state index contributed by atoms with van der Waals surface area (Å²) in [5, 5.41) is 6.97. The van der Waals surface area contributed by atoms with Gasteiger partial charge in [-0.2, -0.15) is 4.98 Å². The molecule has 0 spiro atoms. The van der Waals surface area contributed by atoms with Gasteiger partial charge in [-0.05, 0) is 42.8 Å². The van der Waals surface area contributed by atoms with E-state index >= 15 is 0 Å². The number of rotatable bonds is 6. The molecule has 0 bridgehead atoms. The highest BCUT2D eigenvalue weighted by Crippen LogP contribution is 2.25. The van der Waals surface area contributed by atoms with E-state index in [9.17, 15) is 9.59 Å². The number of carbonyl (C=O) groups is 2. The van der Waals surface area contributed by atoms with Crippen molar-refractivity contribution >= 4 is 17.5 Å². The molecule has 8 nitrogen and oxygen atoms in total. The summed E-state index contributed by atoms with van der Waals surface area (Å²) in [6.07, 6.45) is 3.63. The maximum absolute atomic E-state index is 12.8. The van der Waals surface area contributed by atoms with Crippen LogP contribution in [0.2, 0.25) is 0 Å². The molecule has 1 unspecified atom stereocenters. The SMILES string of the molecule is Cc1ccc(-c2noc(-c3ccc(NC(=O)C4CC(=O)N(Cc5cccnc5)C4)cc3)n2)cc1. The van der Waals surface area contributed by atoms with Crippen LogP contribution in [0.1, 0.15) is 17.5 Å². The fraction of sp³-hybridized carbons (Fsp3) is 0.192. The van der Waals surface area contributed by atoms with Gasteiger partial charge in [-0.1, -0.05) is 41.1 Å². The van der Waals surface area contributed by atoms with Crippen LogP contribution >= 0.6 is 0 Å². The zero-order chi connectivity index (χ0) is 23.5. The van der Waals surface area contributed by atoms with E-state index < -0.39 is 5.92 Å². The predicted octanol–water partition coefficient (Wildman–Crippen LogP) is 4.09. The zero-order valence-corrected chi connectivity index (χ0v) is 18.6. The smallest absolute Gasteiger partial charge is 0.258 e. The minimum absolute atomic E-state index is 0.0277. The molecule has 8 heteroatoms. The van der Waals surface area contributed by atoms with Crippen molar-refractivity contribution in [2.45, 2.75) is 19.9 Å². The number of anilines is 1. The number of nitrogens with zero attached hydrogens (tertiary/aromatic N) is 4. The minimum Gasteiger partial charge on any atom is -0.337 e. The van der Waals surface area contributed by atoms with E-state index in [2.05, 4.69) is 20.4 Å². The third-order valence-electron chi connectivity index (χ3n) is 5.82. The number of amides is 2. The normalized spacial score (nSPS) is 15.5. The lowest BCUT2D eigenvalue weighted by Gasteiger charge is -2.16. The fourth-order valence-corrected chi connectivity index (χ4v) is 3.91. The second-order valence-electron chi connectivity index (χ2n) is 8.39. The number of pyridine rings is 1. The van der Waals surface area contributed by atoms with Gasteiger partial charge in [-0.15, -0.1) is 0 Å². The van der Waals surface area contributed by atoms with Crippen LogP contribution < -0.4 is 5.32 Å². The quantitative estimate of drug-likeness (QED) is 0.472. The van der Waals surface area contributed by atoms with Crippen molar-refractivity contribution in [2.75, 3.05) is 11.9 Å². The van der Waals surface area contributed by atoms with Crippen LogP contribution in [-0.2, 0) is 16.1 Å². The Kier molecular flexibility index (Phi) is 5.86. The van der Waals surface area contributed by atoms with Crippen molar-refractivity contribution in [3.63, 3.8) is 0 Å². The van der Waals surface area contributed by atoms with Gasteiger partial charge in [0.05, 0.1) is 5.92 Å². The number of nitrogens with one attached hydrogen (secondary N) is 1. The second-order valence-corrected chi connectivity index (χ2v) is 8.39. The minimum atomic E-state index is -0.392. The summed E-state index contributed by atoms with van der Waals surface area (Å²) in [6, 6.07) is 18.9. The van der Waals surface area contributed by atoms with Crippen molar-refractivity contribution in [2.24, 2.45) is 5.92 Å². The molecule has 1 fully saturated rings. The van der Waals surface area contributed by atoms with Crippen LogP contribution in [0.4, 0.5) is 5.69 Å². The number of benzene rings is 2. The molecule has 5 rings (SSSR count). The average Bonchev–Trinajstić information content (AvgIpc) is 3.48. The molecule has 0 aliphatic carbocycles. The Labute approximate surface area is 196 Å². The largest absolute Gasteiger partial charge is 0.337 e. The van der Waals surface area contributed by atoms with E-state index in [1.165, 1.54) is 0 Å². The van der Waals surface area contributed by atoms with Gasteiger partial charge in [0.2, 0.25) is 17.6 Å². The molecule has 2 aromatic carbocycles. The highest BCUT2D eigenvalue weighted by atomic mass is 16.5. The van der Waals surface area contributed by atoms with Gasteiger partial charge in [0, 0.05) is 48.7 Å². The van der Waals surface area contributed by atoms with Crippen LogP contribution in [0.3, 0.4) is 0 Å². The molecule has 1 saturated heterocycles. The lowest BCUT2D eigenvalue weighted by Crippen LogP contribution is -2.28. The fourth-order valence-electron chi connectivity index (χ4n) is 3.91. The number of likely N-dealkylation sites (tertiary alicyclic amines) is 1. The van der Waals surface area contributed by atoms with E-state index in [-0.39, 0.29) is 18.2 Å². The molecule has 34 heavy (non-hydrogen) atoms. The Bertz CT molecular complexity index is 1300. The first-order chi connectivity index (χ1) is 16.5. The summed E-state index contributed by atoms with van der Waals surface area (Å²) in [6.45, 7) is 2.87. The maximum atomic E-state index is 12.8. The molecular weight excluding hydrogens is 430 g/mol. The highest BCUT2D eigenvalue weighted by Gasteiger charge is 2.34. The van der Waals surface area contributed by atoms with Gasteiger partial charge in [0.1, 0.15) is 0 Å². The lowest BCUT2D eigenvalue weighted by atomic mass is 10.1. The van der Waals surface area contributed by atoms with Gasteiger partial charge in [-0.25, -0.2) is 0 Å². The van der Waals surface area contributed by atoms with E-state index in [0.29, 0.717) is 30.5 Å². The molecule has 0 radical (unpaired) electrons. The summed E-state index contributed by atoms with van der Waals surface area (Å²) in [5.74, 6) is 0.334. The number of aromatic nitrogens is 3. The van der Waals surface area contributed by atoms with E-state index in [4.69, 9.17) is 4.52 Å². The van der Waals surface area contributed by atoms with Gasteiger partial charge in [0.25, 0.3) is 5.89 Å². The number of carbonyl (C=O) groups excluding carboxylic acids is 2. The first-order valence-corrected chi connectivity index (χ1v) is 11.0. The summed E-state index contributed by atoms with van der Waals surface area (Å²) >= 11 is 0. The molecule has 1 aliphatic heterocycles. The van der Waals surface area contributed by atoms with E-state index in [1.54, 1.807) is 29.4 Å². The topological polar surface area (TPSA) is 101 Å². The molecule has 0 saturated carbocycles. The molecule has 2 aromatic heterocycles. The molecule has 1 N–H and O–H groups in total. The van der Waals surface area contributed by atoms with Crippen LogP contribution in [-0.4, -0.2) is 38.4 Å². The Hall–Kier alpha value is -4.33. The van der Waals surface area contributed by atoms with Gasteiger partial charge >= 0.3 is 0 Å². The van der Waals surface area contributed by atoms with Crippen molar-refractivity contribution in [1.82, 2.24) is 20.0 Å². The number of hydrogen-bond donors (Lipinski definition) is 1. The number of aryl methyl sites for hydroxylation is 1. The number of hydrogen-bond acceptors (Lipinski definition) is 6. The van der Waals surface area contributed by atoms with Crippen LogP contribution in [0.5, 0.6) is 0 Å². The Morgan fingerprint density at radius 1 is 1.09 bits per heavy atom. The Morgan fingerprint density at radius 3 is 2.59 bits per heavy atom. The Morgan fingerprint density at radius 2 is 1.85 bits per heavy atom. The molecule has 1 aliphatic rings. The van der Waals surface area contributed by atoms with Crippen molar-refractivity contribution in [3.8, 4) is 22.8 Å². The van der Waals surface area contributed by atoms with Gasteiger partial charge in [-0.3, -0.25) is 14.6 Å². The molecular formula is C26H23N5O3. The summed E-state index contributed by atoms with van der Waals surface area (Å²) in [5.41, 5.74) is 4.38. The van der Waals surface area contributed by atoms with Crippen LogP contribution in [0.25, 0.3) is 22.8 Å². The second kappa shape index (κ2) is 9.27. The zero-order valence-electron chi connectivity index (χ0n) is 18.6. The summed E-state index contributed by atoms with van der Waals surface area (Å²) < 4.78 is 5.41. The first-order valence-electron chi connectivity index (χ1n) is 11.0. The molecule has 2 amide bonds. The van der Waals surface area contributed by atoms with E-state index in [1.807, 2.05) is 55.5 Å². The maximum Gasteiger partial charge on any atom is 0.258 e. The molecule has 170 valence electrons. The van der Waals surface area contributed by atoms with Gasteiger partial charge in [0.15, 0.2) is 0 Å². The summed E-state index contributed by atoms with van der Waals surface area (Å²) in [7, 11) is 0. The lowest BCUT2D eigenvalue weighted by molar-refractivity contribution is -0.128. The standard InChI is InChI=1S/C26H23N5O3/c1-17-4-6-19(7-5-17)24-29-26(34-30-24)20-8-10-22(11-9-20)28-25(33)21-13-23(32)31(16-21)15-18-3-2-12-27-14-18/h2-12,14,21H,13,15-16H2,1H3,(H,28,33). The molecule has 3 heterocycles. The third kappa shape index (κ3) is 4.71. The van der Waals surface area contributed by atoms with Crippen molar-refractivity contribution in [1.29, 1.82) is 0 Å². The monoisotopic (exact) mass is 453 g/mol. The van der Waals surface area contributed by atoms with Crippen LogP contribution in [0.15, 0.2) is 77.6 Å². The third-order valence-corrected chi connectivity index (χ3v) is 5.82. The van der Waals surface area contributed by atoms with Crippen LogP contribution in [0, 0.1) is 12.8 Å². The average molecular weight is 454 g/mol. The van der Waals surface area contributed by atoms with Crippen molar-refractivity contribution < 1.29 is 14.1 Å². The van der Waals surface area contributed by atoms with Gasteiger partial charge < -0.3 is 14.7 Å². The highest BCUT2D eigenvalue weighted by molar-refractivity contribution is 5.97. The van der Waals surface area contributed by atoms with Crippen molar-refractivity contribution in [3.05, 3.63) is 84.2 Å². The summed E-state index contributed by atoms with van der Waals surface area (Å²) in [4.78, 5) is 35.4. The molecule has 1 atom stereocenters.